The van der Waals surface area contributed by atoms with Crippen LogP contribution in [0, 0.1) is 0 Å². The molecule has 16 heavy (non-hydrogen) atoms. The summed E-state index contributed by atoms with van der Waals surface area (Å²) in [4.78, 5) is 13.8. The molecule has 2 rings (SSSR count). The molecular formula is C10H16N4OS. The predicted molar refractivity (Wildman–Crippen MR) is 63.8 cm³/mol. The Morgan fingerprint density at radius 1 is 1.56 bits per heavy atom. The summed E-state index contributed by atoms with van der Waals surface area (Å²) in [6.45, 7) is 2.78. The van der Waals surface area contributed by atoms with Gasteiger partial charge >= 0.3 is 0 Å². The Bertz CT molecular complexity index is 375. The predicted octanol–water partition coefficient (Wildman–Crippen LogP) is 1.59. The molecule has 88 valence electrons. The van der Waals surface area contributed by atoms with Crippen LogP contribution in [-0.4, -0.2) is 40.6 Å². The average Bonchev–Trinajstić information content (AvgIpc) is 2.63. The van der Waals surface area contributed by atoms with Gasteiger partial charge in [0.25, 0.3) is 5.91 Å². The molecule has 1 saturated carbocycles. The summed E-state index contributed by atoms with van der Waals surface area (Å²) in [5.41, 5.74) is 0. The molecule has 0 saturated heterocycles. The molecule has 1 fully saturated rings. The molecular weight excluding hydrogens is 224 g/mol. The fraction of sp³-hybridized carbons (Fsp3) is 0.700. The summed E-state index contributed by atoms with van der Waals surface area (Å²) in [5.74, 6) is -0.00801. The van der Waals surface area contributed by atoms with E-state index in [0.717, 1.165) is 19.4 Å². The maximum atomic E-state index is 12.0. The first kappa shape index (κ1) is 11.3. The third-order valence-electron chi connectivity index (χ3n) is 2.88. The third kappa shape index (κ3) is 2.16. The van der Waals surface area contributed by atoms with Crippen LogP contribution in [0.2, 0.25) is 0 Å². The van der Waals surface area contributed by atoms with Gasteiger partial charge in [0.1, 0.15) is 0 Å². The van der Waals surface area contributed by atoms with Crippen LogP contribution < -0.4 is 5.32 Å². The van der Waals surface area contributed by atoms with E-state index in [1.807, 2.05) is 14.0 Å². The van der Waals surface area contributed by atoms with Gasteiger partial charge in [0.15, 0.2) is 0 Å². The molecule has 1 aromatic rings. The first-order valence-corrected chi connectivity index (χ1v) is 6.38. The SMILES string of the molecule is CCNc1nnc(C(=O)N(C)C2CCC2)s1. The third-order valence-corrected chi connectivity index (χ3v) is 3.75. The fourth-order valence-corrected chi connectivity index (χ4v) is 2.42. The van der Waals surface area contributed by atoms with Crippen LogP contribution in [0.3, 0.4) is 0 Å². The van der Waals surface area contributed by atoms with E-state index in [1.165, 1.54) is 17.8 Å². The zero-order chi connectivity index (χ0) is 11.5. The quantitative estimate of drug-likeness (QED) is 0.868. The Morgan fingerprint density at radius 2 is 2.31 bits per heavy atom. The number of hydrogen-bond acceptors (Lipinski definition) is 5. The highest BCUT2D eigenvalue weighted by atomic mass is 32.1. The van der Waals surface area contributed by atoms with Crippen LogP contribution in [0.1, 0.15) is 36.0 Å². The van der Waals surface area contributed by atoms with Crippen molar-refractivity contribution in [2.24, 2.45) is 0 Å². The normalized spacial score (nSPS) is 15.6. The molecule has 1 amide bonds. The zero-order valence-electron chi connectivity index (χ0n) is 9.56. The number of amides is 1. The molecule has 0 radical (unpaired) electrons. The molecule has 0 unspecified atom stereocenters. The molecule has 5 nitrogen and oxygen atoms in total. The van der Waals surface area contributed by atoms with E-state index >= 15 is 0 Å². The summed E-state index contributed by atoms with van der Waals surface area (Å²) < 4.78 is 0. The van der Waals surface area contributed by atoms with Crippen molar-refractivity contribution >= 4 is 22.4 Å². The highest BCUT2D eigenvalue weighted by Crippen LogP contribution is 2.26. The number of nitrogens with one attached hydrogen (secondary N) is 1. The summed E-state index contributed by atoms with van der Waals surface area (Å²) >= 11 is 1.32. The topological polar surface area (TPSA) is 58.1 Å². The zero-order valence-corrected chi connectivity index (χ0v) is 10.4. The van der Waals surface area contributed by atoms with Crippen molar-refractivity contribution in [3.05, 3.63) is 5.01 Å². The fourth-order valence-electron chi connectivity index (χ4n) is 1.62. The van der Waals surface area contributed by atoms with Gasteiger partial charge in [0.2, 0.25) is 10.1 Å². The van der Waals surface area contributed by atoms with Crippen molar-refractivity contribution in [1.82, 2.24) is 15.1 Å². The van der Waals surface area contributed by atoms with Crippen molar-refractivity contribution < 1.29 is 4.79 Å². The second-order valence-corrected chi connectivity index (χ2v) is 4.92. The molecule has 0 bridgehead atoms. The Morgan fingerprint density at radius 3 is 2.88 bits per heavy atom. The molecule has 1 N–H and O–H groups in total. The minimum Gasteiger partial charge on any atom is -0.360 e. The van der Waals surface area contributed by atoms with E-state index < -0.39 is 0 Å². The van der Waals surface area contributed by atoms with Crippen LogP contribution in [0.4, 0.5) is 5.13 Å². The Balaban J connectivity index is 2.01. The highest BCUT2D eigenvalue weighted by Gasteiger charge is 2.28. The summed E-state index contributed by atoms with van der Waals surface area (Å²) in [5, 5.41) is 12.1. The van der Waals surface area contributed by atoms with Crippen LogP contribution in [0.5, 0.6) is 0 Å². The number of carbonyl (C=O) groups is 1. The van der Waals surface area contributed by atoms with Crippen LogP contribution >= 0.6 is 11.3 Å². The maximum absolute atomic E-state index is 12.0. The molecule has 1 heterocycles. The van der Waals surface area contributed by atoms with Crippen molar-refractivity contribution in [3.63, 3.8) is 0 Å². The lowest BCUT2D eigenvalue weighted by Crippen LogP contribution is -2.41. The van der Waals surface area contributed by atoms with Gasteiger partial charge in [-0.3, -0.25) is 4.79 Å². The summed E-state index contributed by atoms with van der Waals surface area (Å²) in [7, 11) is 1.85. The largest absolute Gasteiger partial charge is 0.360 e. The monoisotopic (exact) mass is 240 g/mol. The molecule has 0 spiro atoms. The Labute approximate surface area is 98.9 Å². The number of anilines is 1. The highest BCUT2D eigenvalue weighted by molar-refractivity contribution is 7.17. The van der Waals surface area contributed by atoms with E-state index in [4.69, 9.17) is 0 Å². The van der Waals surface area contributed by atoms with E-state index in [9.17, 15) is 4.79 Å². The van der Waals surface area contributed by atoms with Gasteiger partial charge in [0, 0.05) is 19.6 Å². The van der Waals surface area contributed by atoms with Crippen molar-refractivity contribution in [3.8, 4) is 0 Å². The molecule has 1 aromatic heterocycles. The molecule has 0 atom stereocenters. The minimum absolute atomic E-state index is 0.00801. The van der Waals surface area contributed by atoms with E-state index in [0.29, 0.717) is 16.2 Å². The minimum atomic E-state index is -0.00801. The molecule has 1 aliphatic carbocycles. The standard InChI is InChI=1S/C10H16N4OS/c1-3-11-10-13-12-8(16-10)9(15)14(2)7-5-4-6-7/h7H,3-6H2,1-2H3,(H,11,13). The van der Waals surface area contributed by atoms with Gasteiger partial charge in [-0.15, -0.1) is 10.2 Å². The van der Waals surface area contributed by atoms with Gasteiger partial charge in [-0.1, -0.05) is 11.3 Å². The second kappa shape index (κ2) is 4.78. The summed E-state index contributed by atoms with van der Waals surface area (Å²) in [6.07, 6.45) is 3.45. The van der Waals surface area contributed by atoms with Crippen LogP contribution in [0.15, 0.2) is 0 Å². The van der Waals surface area contributed by atoms with Crippen molar-refractivity contribution in [2.45, 2.75) is 32.2 Å². The van der Waals surface area contributed by atoms with Gasteiger partial charge in [-0.05, 0) is 26.2 Å². The molecule has 0 aliphatic heterocycles. The van der Waals surface area contributed by atoms with Crippen LogP contribution in [0.25, 0.3) is 0 Å². The maximum Gasteiger partial charge on any atom is 0.284 e. The van der Waals surface area contributed by atoms with Gasteiger partial charge in [-0.25, -0.2) is 0 Å². The van der Waals surface area contributed by atoms with Gasteiger partial charge < -0.3 is 10.2 Å². The van der Waals surface area contributed by atoms with E-state index in [-0.39, 0.29) is 5.91 Å². The van der Waals surface area contributed by atoms with Crippen molar-refractivity contribution in [2.75, 3.05) is 18.9 Å². The van der Waals surface area contributed by atoms with Crippen molar-refractivity contribution in [1.29, 1.82) is 0 Å². The smallest absolute Gasteiger partial charge is 0.284 e. The van der Waals surface area contributed by atoms with Crippen LogP contribution in [-0.2, 0) is 0 Å². The number of hydrogen-bond donors (Lipinski definition) is 1. The molecule has 0 aromatic carbocycles. The van der Waals surface area contributed by atoms with E-state index in [2.05, 4.69) is 15.5 Å². The summed E-state index contributed by atoms with van der Waals surface area (Å²) in [6, 6.07) is 0.402. The molecule has 1 aliphatic rings. The average molecular weight is 240 g/mol. The Hall–Kier alpha value is -1.17. The molecule has 6 heteroatoms. The lowest BCUT2D eigenvalue weighted by Gasteiger charge is -2.34. The number of carbonyl (C=O) groups excluding carboxylic acids is 1. The first-order valence-electron chi connectivity index (χ1n) is 5.57. The van der Waals surface area contributed by atoms with Gasteiger partial charge in [-0.2, -0.15) is 0 Å². The first-order chi connectivity index (χ1) is 7.72. The number of nitrogens with zero attached hydrogens (tertiary/aromatic N) is 3. The Kier molecular flexibility index (Phi) is 3.38. The lowest BCUT2D eigenvalue weighted by molar-refractivity contribution is 0.0651. The lowest BCUT2D eigenvalue weighted by atomic mass is 9.92. The number of aromatic nitrogens is 2. The second-order valence-electron chi connectivity index (χ2n) is 3.94. The van der Waals surface area contributed by atoms with E-state index in [1.54, 1.807) is 4.90 Å². The number of rotatable bonds is 4. The van der Waals surface area contributed by atoms with Gasteiger partial charge in [0.05, 0.1) is 0 Å².